The highest BCUT2D eigenvalue weighted by Crippen LogP contribution is 2.35. The van der Waals surface area contributed by atoms with Crippen LogP contribution in [-0.2, 0) is 12.6 Å². The van der Waals surface area contributed by atoms with Crippen molar-refractivity contribution in [3.05, 3.63) is 65.2 Å². The van der Waals surface area contributed by atoms with Crippen LogP contribution in [0.25, 0.3) is 0 Å². The van der Waals surface area contributed by atoms with Crippen LogP contribution in [0.4, 0.5) is 32.0 Å². The second kappa shape index (κ2) is 8.33. The largest absolute Gasteiger partial charge is 0.417 e. The summed E-state index contributed by atoms with van der Waals surface area (Å²) < 4.78 is 78.0. The highest BCUT2D eigenvalue weighted by atomic mass is 19.4. The minimum atomic E-state index is -4.82. The summed E-state index contributed by atoms with van der Waals surface area (Å²) in [6.45, 7) is -1.44. The first-order valence-corrected chi connectivity index (χ1v) is 8.07. The Morgan fingerprint density at radius 2 is 1.59 bits per heavy atom. The van der Waals surface area contributed by atoms with Crippen LogP contribution in [0.15, 0.2) is 48.5 Å². The molecule has 0 radical (unpaired) electrons. The molecule has 2 aromatic rings. The lowest BCUT2D eigenvalue weighted by molar-refractivity contribution is -0.137. The Hall–Kier alpha value is -2.69. The molecule has 0 heterocycles. The first kappa shape index (κ1) is 20.6. The summed E-state index contributed by atoms with van der Waals surface area (Å²) in [7, 11) is 0. The van der Waals surface area contributed by atoms with Gasteiger partial charge in [-0.25, -0.2) is 0 Å². The summed E-state index contributed by atoms with van der Waals surface area (Å²) in [6, 6.07) is 13.1. The van der Waals surface area contributed by atoms with E-state index in [0.29, 0.717) is 18.9 Å². The maximum Gasteiger partial charge on any atom is 0.417 e. The average molecular weight is 386 g/mol. The topological polar surface area (TPSA) is 27.0 Å². The van der Waals surface area contributed by atoms with Crippen LogP contribution in [0, 0.1) is 11.3 Å². The monoisotopic (exact) mass is 386 g/mol. The predicted octanol–water partition coefficient (Wildman–Crippen LogP) is 5.58. The molecule has 0 unspecified atom stereocenters. The standard InChI is InChI=1S/C19H16F6N2/c20-18(21,22)13-27(10-4-7-14-5-2-1-3-6-14)16-9-8-15(12-26)17(11-16)19(23,24)25/h1-3,5-6,8-9,11H,4,7,10,13H2. The number of benzene rings is 2. The molecule has 0 saturated heterocycles. The average Bonchev–Trinajstić information content (AvgIpc) is 2.59. The van der Waals surface area contributed by atoms with E-state index in [1.807, 2.05) is 18.2 Å². The molecular formula is C19H16F6N2. The molecule has 0 spiro atoms. The van der Waals surface area contributed by atoms with Gasteiger partial charge in [0.2, 0.25) is 0 Å². The van der Waals surface area contributed by atoms with Crippen molar-refractivity contribution >= 4 is 5.69 Å². The van der Waals surface area contributed by atoms with Gasteiger partial charge in [0.05, 0.1) is 17.2 Å². The summed E-state index contributed by atoms with van der Waals surface area (Å²) >= 11 is 0. The van der Waals surface area contributed by atoms with E-state index < -0.39 is 30.0 Å². The third-order valence-electron chi connectivity index (χ3n) is 3.90. The molecule has 2 aromatic carbocycles. The summed E-state index contributed by atoms with van der Waals surface area (Å²) in [6.07, 6.45) is -8.56. The number of nitrogens with zero attached hydrogens (tertiary/aromatic N) is 2. The molecular weight excluding hydrogens is 370 g/mol. The van der Waals surface area contributed by atoms with Crippen LogP contribution >= 0.6 is 0 Å². The Morgan fingerprint density at radius 1 is 0.926 bits per heavy atom. The number of rotatable bonds is 6. The third-order valence-corrected chi connectivity index (χ3v) is 3.90. The highest BCUT2D eigenvalue weighted by Gasteiger charge is 2.35. The summed E-state index contributed by atoms with van der Waals surface area (Å²) in [4.78, 5) is 0.860. The van der Waals surface area contributed by atoms with Crippen LogP contribution in [0.2, 0.25) is 0 Å². The van der Waals surface area contributed by atoms with E-state index in [-0.39, 0.29) is 12.2 Å². The fourth-order valence-corrected chi connectivity index (χ4v) is 2.70. The van der Waals surface area contributed by atoms with E-state index in [9.17, 15) is 26.3 Å². The van der Waals surface area contributed by atoms with Crippen molar-refractivity contribution in [1.82, 2.24) is 0 Å². The summed E-state index contributed by atoms with van der Waals surface area (Å²) in [5, 5.41) is 8.82. The zero-order valence-electron chi connectivity index (χ0n) is 14.1. The summed E-state index contributed by atoms with van der Waals surface area (Å²) in [5.41, 5.74) is -1.15. The molecule has 0 aliphatic heterocycles. The fraction of sp³-hybridized carbons (Fsp3) is 0.316. The molecule has 2 rings (SSSR count). The number of hydrogen-bond acceptors (Lipinski definition) is 2. The normalized spacial score (nSPS) is 11.9. The third kappa shape index (κ3) is 6.20. The van der Waals surface area contributed by atoms with Gasteiger partial charge in [-0.3, -0.25) is 0 Å². The molecule has 2 nitrogen and oxygen atoms in total. The Kier molecular flexibility index (Phi) is 6.37. The van der Waals surface area contributed by atoms with Gasteiger partial charge in [0.15, 0.2) is 0 Å². The maximum atomic E-state index is 13.1. The molecule has 0 amide bonds. The van der Waals surface area contributed by atoms with E-state index in [2.05, 4.69) is 0 Å². The quantitative estimate of drug-likeness (QED) is 0.606. The molecule has 0 aliphatic carbocycles. The van der Waals surface area contributed by atoms with Crippen molar-refractivity contribution in [2.24, 2.45) is 0 Å². The molecule has 0 N–H and O–H groups in total. The SMILES string of the molecule is N#Cc1ccc(N(CCCc2ccccc2)CC(F)(F)F)cc1C(F)(F)F. The van der Waals surface area contributed by atoms with Gasteiger partial charge in [-0.05, 0) is 36.6 Å². The van der Waals surface area contributed by atoms with Gasteiger partial charge in [0.1, 0.15) is 6.54 Å². The molecule has 0 fully saturated rings. The van der Waals surface area contributed by atoms with E-state index in [1.165, 1.54) is 6.07 Å². The Bertz CT molecular complexity index is 791. The van der Waals surface area contributed by atoms with E-state index in [4.69, 9.17) is 5.26 Å². The predicted molar refractivity (Wildman–Crippen MR) is 89.2 cm³/mol. The zero-order valence-corrected chi connectivity index (χ0v) is 14.1. The highest BCUT2D eigenvalue weighted by molar-refractivity contribution is 5.55. The lowest BCUT2D eigenvalue weighted by atomic mass is 10.1. The van der Waals surface area contributed by atoms with Gasteiger partial charge in [0, 0.05) is 12.2 Å². The van der Waals surface area contributed by atoms with Gasteiger partial charge in [-0.2, -0.15) is 31.6 Å². The number of aryl methyl sites for hydroxylation is 1. The molecule has 0 aliphatic rings. The number of halogens is 6. The van der Waals surface area contributed by atoms with Gasteiger partial charge < -0.3 is 4.90 Å². The van der Waals surface area contributed by atoms with Gasteiger partial charge in [-0.1, -0.05) is 30.3 Å². The first-order valence-electron chi connectivity index (χ1n) is 8.07. The van der Waals surface area contributed by atoms with Crippen LogP contribution in [0.1, 0.15) is 23.1 Å². The smallest absolute Gasteiger partial charge is 0.363 e. The maximum absolute atomic E-state index is 13.1. The van der Waals surface area contributed by atoms with Gasteiger partial charge >= 0.3 is 12.4 Å². The van der Waals surface area contributed by atoms with Crippen molar-refractivity contribution in [3.8, 4) is 6.07 Å². The van der Waals surface area contributed by atoms with E-state index in [1.54, 1.807) is 12.1 Å². The Balaban J connectivity index is 2.24. The van der Waals surface area contributed by atoms with Crippen molar-refractivity contribution in [2.75, 3.05) is 18.0 Å². The number of hydrogen-bond donors (Lipinski definition) is 0. The lowest BCUT2D eigenvalue weighted by Crippen LogP contribution is -2.35. The molecule has 0 atom stereocenters. The fourth-order valence-electron chi connectivity index (χ4n) is 2.70. The molecule has 0 bridgehead atoms. The first-order chi connectivity index (χ1) is 12.6. The molecule has 0 aromatic heterocycles. The van der Waals surface area contributed by atoms with Crippen LogP contribution < -0.4 is 4.90 Å². The van der Waals surface area contributed by atoms with Crippen molar-refractivity contribution in [1.29, 1.82) is 5.26 Å². The molecule has 144 valence electrons. The van der Waals surface area contributed by atoms with E-state index in [0.717, 1.165) is 22.6 Å². The molecule has 0 saturated carbocycles. The van der Waals surface area contributed by atoms with Crippen LogP contribution in [0.5, 0.6) is 0 Å². The minimum absolute atomic E-state index is 0.0718. The Labute approximate surface area is 152 Å². The zero-order chi connectivity index (χ0) is 20.1. The number of anilines is 1. The molecule has 27 heavy (non-hydrogen) atoms. The van der Waals surface area contributed by atoms with Crippen molar-refractivity contribution in [2.45, 2.75) is 25.2 Å². The Morgan fingerprint density at radius 3 is 2.15 bits per heavy atom. The van der Waals surface area contributed by atoms with Crippen LogP contribution in [-0.4, -0.2) is 19.3 Å². The van der Waals surface area contributed by atoms with Gasteiger partial charge in [-0.15, -0.1) is 0 Å². The van der Waals surface area contributed by atoms with Crippen LogP contribution in [0.3, 0.4) is 0 Å². The van der Waals surface area contributed by atoms with Crippen molar-refractivity contribution in [3.63, 3.8) is 0 Å². The van der Waals surface area contributed by atoms with E-state index >= 15 is 0 Å². The second-order valence-electron chi connectivity index (χ2n) is 5.97. The van der Waals surface area contributed by atoms with Crippen molar-refractivity contribution < 1.29 is 26.3 Å². The number of alkyl halides is 6. The summed E-state index contributed by atoms with van der Waals surface area (Å²) in [5.74, 6) is 0. The van der Waals surface area contributed by atoms with Gasteiger partial charge in [0.25, 0.3) is 0 Å². The minimum Gasteiger partial charge on any atom is -0.363 e. The lowest BCUT2D eigenvalue weighted by Gasteiger charge is -2.27. The second-order valence-corrected chi connectivity index (χ2v) is 5.97. The molecule has 8 heteroatoms. The number of nitriles is 1.